The highest BCUT2D eigenvalue weighted by atomic mass is 35.5. The number of aryl methyl sites for hydroxylation is 1. The van der Waals surface area contributed by atoms with Gasteiger partial charge in [-0.25, -0.2) is 4.98 Å². The van der Waals surface area contributed by atoms with Gasteiger partial charge in [0.15, 0.2) is 0 Å². The normalized spacial score (nSPS) is 11.0. The molecule has 1 N–H and O–H groups in total. The molecule has 3 aromatic heterocycles. The molecule has 0 aliphatic rings. The van der Waals surface area contributed by atoms with Gasteiger partial charge in [-0.1, -0.05) is 60.1 Å². The molecule has 0 saturated heterocycles. The zero-order valence-electron chi connectivity index (χ0n) is 19.2. The molecule has 5 nitrogen and oxygen atoms in total. The molecule has 5 rings (SSSR count). The fraction of sp³-hybridized carbons (Fsp3) is 0.138. The van der Waals surface area contributed by atoms with Crippen LogP contribution >= 0.6 is 11.6 Å². The first-order valence-corrected chi connectivity index (χ1v) is 12.0. The Labute approximate surface area is 209 Å². The monoisotopic (exact) mass is 480 g/mol. The summed E-state index contributed by atoms with van der Waals surface area (Å²) in [5.41, 5.74) is 6.89. The number of carbonyl (C=O) groups is 1. The molecule has 0 radical (unpaired) electrons. The van der Waals surface area contributed by atoms with Gasteiger partial charge in [-0.15, -0.1) is 0 Å². The molecular weight excluding hydrogens is 456 g/mol. The van der Waals surface area contributed by atoms with Crippen LogP contribution in [-0.2, 0) is 17.6 Å². The maximum Gasteiger partial charge on any atom is 0.220 e. The zero-order valence-corrected chi connectivity index (χ0v) is 19.9. The summed E-state index contributed by atoms with van der Waals surface area (Å²) in [5.74, 6) is 0.0113. The Morgan fingerprint density at radius 1 is 0.829 bits per heavy atom. The molecule has 0 bridgehead atoms. The molecule has 0 spiro atoms. The van der Waals surface area contributed by atoms with E-state index in [1.165, 1.54) is 0 Å². The molecule has 0 saturated carbocycles. The first kappa shape index (κ1) is 22.8. The molecule has 1 amide bonds. The summed E-state index contributed by atoms with van der Waals surface area (Å²) in [4.78, 5) is 21.9. The van der Waals surface area contributed by atoms with Gasteiger partial charge in [0.25, 0.3) is 0 Å². The number of carbonyl (C=O) groups excluding carboxylic acids is 1. The summed E-state index contributed by atoms with van der Waals surface area (Å²) in [6, 6.07) is 27.8. The molecule has 5 aromatic rings. The number of hydrogen-bond donors (Lipinski definition) is 1. The van der Waals surface area contributed by atoms with Gasteiger partial charge < -0.3 is 9.72 Å². The van der Waals surface area contributed by atoms with E-state index in [4.69, 9.17) is 16.6 Å². The molecule has 0 unspecified atom stereocenters. The lowest BCUT2D eigenvalue weighted by Crippen LogP contribution is -2.26. The van der Waals surface area contributed by atoms with Crippen LogP contribution in [0, 0.1) is 0 Å². The topological polar surface area (TPSA) is 59.3 Å². The number of fused-ring (bicyclic) bond motifs is 1. The van der Waals surface area contributed by atoms with Crippen molar-refractivity contribution in [1.29, 1.82) is 0 Å². The highest BCUT2D eigenvalue weighted by Crippen LogP contribution is 2.29. The lowest BCUT2D eigenvalue weighted by atomic mass is 10.1. The van der Waals surface area contributed by atoms with Gasteiger partial charge in [-0.2, -0.15) is 0 Å². The van der Waals surface area contributed by atoms with Crippen LogP contribution in [0.1, 0.15) is 17.8 Å². The Morgan fingerprint density at radius 3 is 2.37 bits per heavy atom. The van der Waals surface area contributed by atoms with E-state index in [1.54, 1.807) is 6.20 Å². The third-order valence-corrected chi connectivity index (χ3v) is 6.21. The number of halogens is 1. The van der Waals surface area contributed by atoms with Crippen molar-refractivity contribution in [2.45, 2.75) is 19.3 Å². The van der Waals surface area contributed by atoms with E-state index >= 15 is 0 Å². The fourth-order valence-corrected chi connectivity index (χ4v) is 4.29. The first-order valence-electron chi connectivity index (χ1n) is 11.7. The van der Waals surface area contributed by atoms with Crippen molar-refractivity contribution in [3.05, 3.63) is 114 Å². The summed E-state index contributed by atoms with van der Waals surface area (Å²) in [5, 5.41) is 3.70. The van der Waals surface area contributed by atoms with Crippen LogP contribution in [-0.4, -0.2) is 26.8 Å². The molecule has 174 valence electrons. The number of hydrogen-bond acceptors (Lipinski definition) is 3. The minimum Gasteiger partial charge on any atom is -0.356 e. The van der Waals surface area contributed by atoms with Crippen molar-refractivity contribution < 1.29 is 4.79 Å². The largest absolute Gasteiger partial charge is 0.356 e. The van der Waals surface area contributed by atoms with E-state index in [0.29, 0.717) is 30.8 Å². The third-order valence-electron chi connectivity index (χ3n) is 5.96. The Hall–Kier alpha value is -3.96. The van der Waals surface area contributed by atoms with Gasteiger partial charge in [0.1, 0.15) is 5.65 Å². The molecule has 2 aromatic carbocycles. The minimum absolute atomic E-state index is 0.0113. The number of amides is 1. The second kappa shape index (κ2) is 10.5. The molecular formula is C29H25ClN4O. The van der Waals surface area contributed by atoms with Gasteiger partial charge in [0.05, 0.1) is 11.4 Å². The molecule has 3 heterocycles. The smallest absolute Gasteiger partial charge is 0.220 e. The molecule has 6 heteroatoms. The average Bonchev–Trinajstić information content (AvgIpc) is 3.27. The summed E-state index contributed by atoms with van der Waals surface area (Å²) >= 11 is 6.12. The van der Waals surface area contributed by atoms with E-state index in [9.17, 15) is 4.79 Å². The van der Waals surface area contributed by atoms with Crippen LogP contribution in [0.15, 0.2) is 97.3 Å². The van der Waals surface area contributed by atoms with Crippen molar-refractivity contribution >= 4 is 23.2 Å². The van der Waals surface area contributed by atoms with Crippen LogP contribution in [0.2, 0.25) is 5.02 Å². The highest BCUT2D eigenvalue weighted by molar-refractivity contribution is 6.30. The third kappa shape index (κ3) is 5.42. The average molecular weight is 481 g/mol. The molecule has 0 fully saturated rings. The predicted octanol–water partition coefficient (Wildman–Crippen LogP) is 6.01. The summed E-state index contributed by atoms with van der Waals surface area (Å²) in [6.45, 7) is 0.561. The maximum atomic E-state index is 12.7. The SMILES string of the molecule is O=C(CCc1c(-c2ccc(Cl)cc2)nc2ccc(-c3ccccc3)cn12)NCCc1ccccn1. The number of pyridine rings is 2. The molecule has 35 heavy (non-hydrogen) atoms. The second-order valence-electron chi connectivity index (χ2n) is 8.35. The summed E-state index contributed by atoms with van der Waals surface area (Å²) in [6.07, 6.45) is 5.51. The van der Waals surface area contributed by atoms with E-state index in [0.717, 1.165) is 39.4 Å². The number of nitrogens with zero attached hydrogens (tertiary/aromatic N) is 3. The summed E-state index contributed by atoms with van der Waals surface area (Å²) in [7, 11) is 0. The van der Waals surface area contributed by atoms with Crippen molar-refractivity contribution in [2.75, 3.05) is 6.54 Å². The predicted molar refractivity (Wildman–Crippen MR) is 140 cm³/mol. The number of imidazole rings is 1. The molecule has 0 atom stereocenters. The van der Waals surface area contributed by atoms with Gasteiger partial charge in [-0.3, -0.25) is 9.78 Å². The second-order valence-corrected chi connectivity index (χ2v) is 8.78. The van der Waals surface area contributed by atoms with Crippen LogP contribution in [0.5, 0.6) is 0 Å². The molecule has 0 aliphatic carbocycles. The van der Waals surface area contributed by atoms with Crippen LogP contribution in [0.3, 0.4) is 0 Å². The van der Waals surface area contributed by atoms with Crippen molar-refractivity contribution in [3.63, 3.8) is 0 Å². The standard InChI is InChI=1S/C29H25ClN4O/c30-24-12-9-22(10-13-24)29-26(14-16-28(35)32-19-17-25-8-4-5-18-31-25)34-20-23(11-15-27(34)33-29)21-6-2-1-3-7-21/h1-13,15,18,20H,14,16-17,19H2,(H,32,35). The zero-order chi connectivity index (χ0) is 24.0. The van der Waals surface area contributed by atoms with Crippen LogP contribution < -0.4 is 5.32 Å². The Kier molecular flexibility index (Phi) is 6.87. The van der Waals surface area contributed by atoms with Gasteiger partial charge in [0, 0.05) is 48.1 Å². The highest BCUT2D eigenvalue weighted by Gasteiger charge is 2.16. The number of aromatic nitrogens is 3. The van der Waals surface area contributed by atoms with Crippen molar-refractivity contribution in [2.24, 2.45) is 0 Å². The first-order chi connectivity index (χ1) is 17.2. The van der Waals surface area contributed by atoms with Gasteiger partial charge >= 0.3 is 0 Å². The Morgan fingerprint density at radius 2 is 1.60 bits per heavy atom. The lowest BCUT2D eigenvalue weighted by Gasteiger charge is -2.09. The van der Waals surface area contributed by atoms with Crippen LogP contribution in [0.4, 0.5) is 0 Å². The number of nitrogens with one attached hydrogen (secondary N) is 1. The van der Waals surface area contributed by atoms with E-state index in [-0.39, 0.29) is 5.91 Å². The maximum absolute atomic E-state index is 12.7. The van der Waals surface area contributed by atoms with Gasteiger partial charge in [0.2, 0.25) is 5.91 Å². The minimum atomic E-state index is 0.0113. The van der Waals surface area contributed by atoms with Gasteiger partial charge in [-0.05, 0) is 53.9 Å². The van der Waals surface area contributed by atoms with E-state index < -0.39 is 0 Å². The van der Waals surface area contributed by atoms with Crippen molar-refractivity contribution in [1.82, 2.24) is 19.7 Å². The summed E-state index contributed by atoms with van der Waals surface area (Å²) < 4.78 is 2.10. The quantitative estimate of drug-likeness (QED) is 0.296. The van der Waals surface area contributed by atoms with E-state index in [2.05, 4.69) is 39.1 Å². The fourth-order valence-electron chi connectivity index (χ4n) is 4.17. The number of benzene rings is 2. The van der Waals surface area contributed by atoms with E-state index in [1.807, 2.05) is 66.7 Å². The Bertz CT molecular complexity index is 1430. The Balaban J connectivity index is 1.40. The van der Waals surface area contributed by atoms with Crippen molar-refractivity contribution in [3.8, 4) is 22.4 Å². The number of rotatable bonds is 8. The molecule has 0 aliphatic heterocycles. The lowest BCUT2D eigenvalue weighted by molar-refractivity contribution is -0.121. The van der Waals surface area contributed by atoms with Crippen LogP contribution in [0.25, 0.3) is 28.0 Å².